The van der Waals surface area contributed by atoms with E-state index in [4.69, 9.17) is 0 Å². The zero-order valence-electron chi connectivity index (χ0n) is 13.2. The largest absolute Gasteiger partial charge is 0.351 e. The number of hydrogen-bond donors (Lipinski definition) is 1. The van der Waals surface area contributed by atoms with Gasteiger partial charge in [-0.05, 0) is 17.9 Å². The average molecular weight is 308 g/mol. The Kier molecular flexibility index (Phi) is 4.71. The lowest BCUT2D eigenvalue weighted by molar-refractivity contribution is -0.133. The van der Waals surface area contributed by atoms with Crippen LogP contribution in [0, 0.1) is 5.41 Å². The third kappa shape index (κ3) is 4.06. The van der Waals surface area contributed by atoms with Gasteiger partial charge in [0.25, 0.3) is 0 Å². The van der Waals surface area contributed by atoms with E-state index in [9.17, 15) is 9.59 Å². The summed E-state index contributed by atoms with van der Waals surface area (Å²) in [7, 11) is 0. The van der Waals surface area contributed by atoms with Gasteiger partial charge in [0.2, 0.25) is 11.8 Å². The van der Waals surface area contributed by atoms with E-state index in [-0.39, 0.29) is 17.9 Å². The lowest BCUT2D eigenvalue weighted by Gasteiger charge is -2.38. The van der Waals surface area contributed by atoms with Crippen molar-refractivity contribution in [2.75, 3.05) is 13.1 Å². The molecule has 0 aliphatic carbocycles. The van der Waals surface area contributed by atoms with Crippen LogP contribution in [0.2, 0.25) is 0 Å². The first-order valence-electron chi connectivity index (χ1n) is 7.37. The van der Waals surface area contributed by atoms with Crippen molar-refractivity contribution in [3.05, 3.63) is 22.4 Å². The Hall–Kier alpha value is -1.36. The van der Waals surface area contributed by atoms with Gasteiger partial charge in [0.1, 0.15) is 0 Å². The molecular formula is C16H24N2O2S. The summed E-state index contributed by atoms with van der Waals surface area (Å²) in [5.74, 6) is 0.432. The van der Waals surface area contributed by atoms with Crippen molar-refractivity contribution in [1.82, 2.24) is 10.2 Å². The van der Waals surface area contributed by atoms with Crippen LogP contribution in [-0.2, 0) is 9.59 Å². The Bertz CT molecular complexity index is 505. The summed E-state index contributed by atoms with van der Waals surface area (Å²) >= 11 is 1.72. The third-order valence-corrected chi connectivity index (χ3v) is 4.89. The molecule has 5 heteroatoms. The summed E-state index contributed by atoms with van der Waals surface area (Å²) < 4.78 is 0. The van der Waals surface area contributed by atoms with Crippen molar-refractivity contribution in [1.29, 1.82) is 0 Å². The normalized spacial score (nSPS) is 23.0. The van der Waals surface area contributed by atoms with Crippen molar-refractivity contribution >= 4 is 23.2 Å². The number of amides is 2. The van der Waals surface area contributed by atoms with E-state index < -0.39 is 5.41 Å². The second kappa shape index (κ2) is 6.18. The van der Waals surface area contributed by atoms with Crippen molar-refractivity contribution in [2.24, 2.45) is 5.41 Å². The van der Waals surface area contributed by atoms with Crippen LogP contribution in [0.15, 0.2) is 17.5 Å². The molecule has 0 saturated carbocycles. The molecule has 2 rings (SSSR count). The van der Waals surface area contributed by atoms with Gasteiger partial charge in [0, 0.05) is 42.3 Å². The zero-order valence-corrected chi connectivity index (χ0v) is 14.0. The molecule has 1 aliphatic heterocycles. The van der Waals surface area contributed by atoms with Crippen LogP contribution < -0.4 is 5.32 Å². The molecule has 1 aliphatic rings. The van der Waals surface area contributed by atoms with Crippen molar-refractivity contribution in [3.63, 3.8) is 0 Å². The molecule has 2 atom stereocenters. The number of rotatable bonds is 2. The Balaban J connectivity index is 2.10. The van der Waals surface area contributed by atoms with Gasteiger partial charge in [-0.15, -0.1) is 11.3 Å². The second-order valence-electron chi connectivity index (χ2n) is 6.79. The van der Waals surface area contributed by atoms with Crippen LogP contribution in [0.5, 0.6) is 0 Å². The van der Waals surface area contributed by atoms with Gasteiger partial charge in [-0.1, -0.05) is 26.8 Å². The summed E-state index contributed by atoms with van der Waals surface area (Å²) in [5.41, 5.74) is -0.406. The zero-order chi connectivity index (χ0) is 15.6. The van der Waals surface area contributed by atoms with Crippen molar-refractivity contribution < 1.29 is 9.59 Å². The first-order valence-corrected chi connectivity index (χ1v) is 8.25. The molecule has 0 spiro atoms. The molecule has 2 heterocycles. The van der Waals surface area contributed by atoms with E-state index in [0.29, 0.717) is 12.5 Å². The molecule has 1 fully saturated rings. The number of hydrogen-bond acceptors (Lipinski definition) is 3. The highest BCUT2D eigenvalue weighted by molar-refractivity contribution is 7.10. The minimum Gasteiger partial charge on any atom is -0.351 e. The lowest BCUT2D eigenvalue weighted by atomic mass is 9.90. The Morgan fingerprint density at radius 3 is 2.57 bits per heavy atom. The summed E-state index contributed by atoms with van der Waals surface area (Å²) in [5, 5.41) is 5.17. The predicted octanol–water partition coefficient (Wildman–Crippen LogP) is 2.61. The van der Waals surface area contributed by atoms with E-state index >= 15 is 0 Å². The Morgan fingerprint density at radius 2 is 2.05 bits per heavy atom. The average Bonchev–Trinajstić information content (AvgIpc) is 2.91. The SMILES string of the molecule is CC(=O)N1CC(NC(=O)C(C)(C)C)CC(c2cccs2)C1. The third-order valence-electron chi connectivity index (χ3n) is 3.86. The Morgan fingerprint density at radius 1 is 1.33 bits per heavy atom. The van der Waals surface area contributed by atoms with Crippen LogP contribution in [0.3, 0.4) is 0 Å². The lowest BCUT2D eigenvalue weighted by Crippen LogP contribution is -2.53. The highest BCUT2D eigenvalue weighted by Crippen LogP contribution is 2.30. The quantitative estimate of drug-likeness (QED) is 0.913. The second-order valence-corrected chi connectivity index (χ2v) is 7.77. The number of nitrogens with one attached hydrogen (secondary N) is 1. The molecule has 4 nitrogen and oxygen atoms in total. The van der Waals surface area contributed by atoms with Crippen molar-refractivity contribution in [2.45, 2.75) is 46.1 Å². The van der Waals surface area contributed by atoms with E-state index in [1.165, 1.54) is 4.88 Å². The molecule has 1 aromatic heterocycles. The van der Waals surface area contributed by atoms with Gasteiger partial charge in [0.05, 0.1) is 0 Å². The molecule has 21 heavy (non-hydrogen) atoms. The maximum Gasteiger partial charge on any atom is 0.225 e. The predicted molar refractivity (Wildman–Crippen MR) is 85.3 cm³/mol. The van der Waals surface area contributed by atoms with E-state index in [1.807, 2.05) is 31.7 Å². The Labute approximate surface area is 130 Å². The fourth-order valence-corrected chi connectivity index (χ4v) is 3.43. The standard InChI is InChI=1S/C16H24N2O2S/c1-11(19)18-9-12(14-6-5-7-21-14)8-13(10-18)17-15(20)16(2,3)4/h5-7,12-13H,8-10H2,1-4H3,(H,17,20). The van der Waals surface area contributed by atoms with Gasteiger partial charge in [-0.3, -0.25) is 9.59 Å². The summed E-state index contributed by atoms with van der Waals surface area (Å²) in [6, 6.07) is 4.18. The fourth-order valence-electron chi connectivity index (χ4n) is 2.59. The highest BCUT2D eigenvalue weighted by atomic mass is 32.1. The smallest absolute Gasteiger partial charge is 0.225 e. The molecule has 0 radical (unpaired) electrons. The molecule has 1 N–H and O–H groups in total. The van der Waals surface area contributed by atoms with E-state index in [2.05, 4.69) is 16.8 Å². The van der Waals surface area contributed by atoms with Crippen LogP contribution in [0.4, 0.5) is 0 Å². The van der Waals surface area contributed by atoms with Crippen molar-refractivity contribution in [3.8, 4) is 0 Å². The van der Waals surface area contributed by atoms with E-state index in [1.54, 1.807) is 18.3 Å². The maximum absolute atomic E-state index is 12.2. The van der Waals surface area contributed by atoms with Crippen LogP contribution in [0.25, 0.3) is 0 Å². The number of carbonyl (C=O) groups is 2. The minimum atomic E-state index is -0.406. The molecule has 2 amide bonds. The summed E-state index contributed by atoms with van der Waals surface area (Å²) in [4.78, 5) is 27.1. The van der Waals surface area contributed by atoms with E-state index in [0.717, 1.165) is 13.0 Å². The van der Waals surface area contributed by atoms with Gasteiger partial charge in [-0.25, -0.2) is 0 Å². The molecule has 116 valence electrons. The molecule has 1 aromatic rings. The molecule has 0 bridgehead atoms. The first-order chi connectivity index (χ1) is 9.77. The van der Waals surface area contributed by atoms with Crippen LogP contribution in [0.1, 0.15) is 44.9 Å². The van der Waals surface area contributed by atoms with Gasteiger partial charge >= 0.3 is 0 Å². The summed E-state index contributed by atoms with van der Waals surface area (Å²) in [6.07, 6.45) is 0.895. The number of piperidine rings is 1. The first kappa shape index (κ1) is 16.0. The number of carbonyl (C=O) groups excluding carboxylic acids is 2. The van der Waals surface area contributed by atoms with Crippen LogP contribution in [-0.4, -0.2) is 35.8 Å². The van der Waals surface area contributed by atoms with Crippen LogP contribution >= 0.6 is 11.3 Å². The minimum absolute atomic E-state index is 0.0291. The number of thiophene rings is 1. The van der Waals surface area contributed by atoms with Gasteiger partial charge in [0.15, 0.2) is 0 Å². The van der Waals surface area contributed by atoms with Gasteiger partial charge in [-0.2, -0.15) is 0 Å². The monoisotopic (exact) mass is 308 g/mol. The molecule has 0 aromatic carbocycles. The van der Waals surface area contributed by atoms with Gasteiger partial charge < -0.3 is 10.2 Å². The number of nitrogens with zero attached hydrogens (tertiary/aromatic N) is 1. The number of likely N-dealkylation sites (tertiary alicyclic amines) is 1. The summed E-state index contributed by atoms with van der Waals surface area (Å²) in [6.45, 7) is 8.68. The maximum atomic E-state index is 12.2. The topological polar surface area (TPSA) is 49.4 Å². The fraction of sp³-hybridized carbons (Fsp3) is 0.625. The highest BCUT2D eigenvalue weighted by Gasteiger charge is 2.32. The molecule has 1 saturated heterocycles. The molecular weight excluding hydrogens is 284 g/mol. The molecule has 2 unspecified atom stereocenters.